The molecule has 0 aliphatic carbocycles. The highest BCUT2D eigenvalue weighted by Gasteiger charge is 2.31. The molecule has 0 aromatic carbocycles. The molecule has 1 fully saturated rings. The molecule has 2 rings (SSSR count). The average Bonchev–Trinajstić information content (AvgIpc) is 2.28. The van der Waals surface area contributed by atoms with E-state index in [2.05, 4.69) is 15.3 Å². The van der Waals surface area contributed by atoms with Crippen LogP contribution in [0.4, 0.5) is 19.1 Å². The molecule has 0 amide bonds. The van der Waals surface area contributed by atoms with Gasteiger partial charge in [0.25, 0.3) is 0 Å². The van der Waals surface area contributed by atoms with Crippen LogP contribution in [0.15, 0.2) is 12.4 Å². The predicted molar refractivity (Wildman–Crippen MR) is 56.7 cm³/mol. The number of rotatable bonds is 1. The van der Waals surface area contributed by atoms with Crippen molar-refractivity contribution in [2.75, 3.05) is 24.5 Å². The molecule has 0 radical (unpaired) electrons. The fourth-order valence-corrected chi connectivity index (χ4v) is 1.74. The van der Waals surface area contributed by atoms with Gasteiger partial charge in [0.15, 0.2) is 0 Å². The third-order valence-corrected chi connectivity index (χ3v) is 2.62. The molecule has 94 valence electrons. The first kappa shape index (κ1) is 12.1. The Kier molecular flexibility index (Phi) is 3.19. The molecule has 2 heterocycles. The summed E-state index contributed by atoms with van der Waals surface area (Å²) in [7, 11) is 0. The summed E-state index contributed by atoms with van der Waals surface area (Å²) in [4.78, 5) is 9.42. The van der Waals surface area contributed by atoms with Crippen LogP contribution in [0.25, 0.3) is 0 Å². The molecule has 1 N–H and O–H groups in total. The van der Waals surface area contributed by atoms with Gasteiger partial charge >= 0.3 is 6.18 Å². The van der Waals surface area contributed by atoms with Gasteiger partial charge in [0.1, 0.15) is 0 Å². The van der Waals surface area contributed by atoms with E-state index in [1.54, 1.807) is 0 Å². The van der Waals surface area contributed by atoms with E-state index in [9.17, 15) is 13.2 Å². The highest BCUT2D eigenvalue weighted by molar-refractivity contribution is 5.31. The van der Waals surface area contributed by atoms with Crippen LogP contribution in [0.1, 0.15) is 12.5 Å². The minimum Gasteiger partial charge on any atom is -0.338 e. The quantitative estimate of drug-likeness (QED) is 0.810. The monoisotopic (exact) mass is 246 g/mol. The number of hydrogen-bond acceptors (Lipinski definition) is 4. The molecule has 0 unspecified atom stereocenters. The molecular weight excluding hydrogens is 233 g/mol. The summed E-state index contributed by atoms with van der Waals surface area (Å²) in [5.74, 6) is 0.353. The second-order valence-corrected chi connectivity index (χ2v) is 4.07. The molecule has 1 aliphatic heterocycles. The van der Waals surface area contributed by atoms with Gasteiger partial charge in [-0.05, 0) is 6.92 Å². The van der Waals surface area contributed by atoms with Crippen molar-refractivity contribution in [3.63, 3.8) is 0 Å². The zero-order valence-corrected chi connectivity index (χ0v) is 9.33. The molecule has 0 bridgehead atoms. The van der Waals surface area contributed by atoms with Crippen LogP contribution < -0.4 is 10.2 Å². The molecule has 0 spiro atoms. The van der Waals surface area contributed by atoms with E-state index in [-0.39, 0.29) is 6.04 Å². The summed E-state index contributed by atoms with van der Waals surface area (Å²) >= 11 is 0. The Morgan fingerprint density at radius 1 is 1.35 bits per heavy atom. The zero-order chi connectivity index (χ0) is 12.5. The van der Waals surface area contributed by atoms with Gasteiger partial charge in [-0.2, -0.15) is 13.2 Å². The van der Waals surface area contributed by atoms with Gasteiger partial charge in [-0.15, -0.1) is 0 Å². The molecule has 1 saturated heterocycles. The van der Waals surface area contributed by atoms with E-state index < -0.39 is 11.7 Å². The van der Waals surface area contributed by atoms with Crippen LogP contribution in [0.2, 0.25) is 0 Å². The van der Waals surface area contributed by atoms with E-state index in [1.807, 2.05) is 11.8 Å². The summed E-state index contributed by atoms with van der Waals surface area (Å²) in [5.41, 5.74) is -0.815. The zero-order valence-electron chi connectivity index (χ0n) is 9.33. The Morgan fingerprint density at radius 2 is 2.00 bits per heavy atom. The van der Waals surface area contributed by atoms with E-state index in [1.165, 1.54) is 0 Å². The maximum atomic E-state index is 12.3. The normalized spacial score (nSPS) is 21.6. The van der Waals surface area contributed by atoms with Crippen molar-refractivity contribution in [3.05, 3.63) is 18.0 Å². The molecule has 17 heavy (non-hydrogen) atoms. The number of anilines is 1. The first-order chi connectivity index (χ1) is 7.97. The van der Waals surface area contributed by atoms with Gasteiger partial charge in [-0.1, -0.05) is 0 Å². The third-order valence-electron chi connectivity index (χ3n) is 2.62. The van der Waals surface area contributed by atoms with Crippen molar-refractivity contribution < 1.29 is 13.2 Å². The van der Waals surface area contributed by atoms with Crippen LogP contribution in [-0.2, 0) is 6.18 Å². The number of halogens is 3. The lowest BCUT2D eigenvalue weighted by Gasteiger charge is -2.31. The minimum absolute atomic E-state index is 0.287. The largest absolute Gasteiger partial charge is 0.419 e. The summed E-state index contributed by atoms with van der Waals surface area (Å²) in [6.45, 7) is 4.20. The number of alkyl halides is 3. The Bertz CT molecular complexity index is 376. The molecule has 1 atom stereocenters. The Labute approximate surface area is 96.9 Å². The molecule has 4 nitrogen and oxygen atoms in total. The molecular formula is C10H13F3N4. The lowest BCUT2D eigenvalue weighted by molar-refractivity contribution is -0.138. The lowest BCUT2D eigenvalue weighted by Crippen LogP contribution is -2.49. The SMILES string of the molecule is C[C@H]1CN(c2ncc(C(F)(F)F)cn2)CCN1. The van der Waals surface area contributed by atoms with Crippen molar-refractivity contribution >= 4 is 5.95 Å². The summed E-state index contributed by atoms with van der Waals surface area (Å²) in [6.07, 6.45) is -2.72. The standard InChI is InChI=1S/C10H13F3N4/c1-7-6-17(3-2-14-7)9-15-4-8(5-16-9)10(11,12)13/h4-5,7,14H,2-3,6H2,1H3/t7-/m0/s1. The van der Waals surface area contributed by atoms with Crippen molar-refractivity contribution in [1.29, 1.82) is 0 Å². The average molecular weight is 246 g/mol. The van der Waals surface area contributed by atoms with E-state index in [0.29, 0.717) is 19.0 Å². The van der Waals surface area contributed by atoms with Crippen molar-refractivity contribution in [2.45, 2.75) is 19.1 Å². The number of hydrogen-bond donors (Lipinski definition) is 1. The lowest BCUT2D eigenvalue weighted by atomic mass is 10.2. The first-order valence-electron chi connectivity index (χ1n) is 5.34. The summed E-state index contributed by atoms with van der Waals surface area (Å²) < 4.78 is 37.0. The van der Waals surface area contributed by atoms with E-state index >= 15 is 0 Å². The van der Waals surface area contributed by atoms with Crippen LogP contribution in [0, 0.1) is 0 Å². The second kappa shape index (κ2) is 4.48. The number of nitrogens with one attached hydrogen (secondary N) is 1. The topological polar surface area (TPSA) is 41.1 Å². The number of piperazine rings is 1. The van der Waals surface area contributed by atoms with E-state index in [0.717, 1.165) is 18.9 Å². The fraction of sp³-hybridized carbons (Fsp3) is 0.600. The van der Waals surface area contributed by atoms with Gasteiger partial charge in [0.05, 0.1) is 5.56 Å². The van der Waals surface area contributed by atoms with Gasteiger partial charge in [-0.25, -0.2) is 9.97 Å². The van der Waals surface area contributed by atoms with Crippen LogP contribution in [0.3, 0.4) is 0 Å². The maximum absolute atomic E-state index is 12.3. The summed E-state index contributed by atoms with van der Waals surface area (Å²) in [5, 5.41) is 3.24. The van der Waals surface area contributed by atoms with Crippen LogP contribution in [-0.4, -0.2) is 35.6 Å². The second-order valence-electron chi connectivity index (χ2n) is 4.07. The van der Waals surface area contributed by atoms with E-state index in [4.69, 9.17) is 0 Å². The Morgan fingerprint density at radius 3 is 2.53 bits per heavy atom. The molecule has 1 aliphatic rings. The Balaban J connectivity index is 2.12. The third kappa shape index (κ3) is 2.85. The van der Waals surface area contributed by atoms with Crippen LogP contribution >= 0.6 is 0 Å². The molecule has 1 aromatic heterocycles. The van der Waals surface area contributed by atoms with Gasteiger partial charge in [0, 0.05) is 38.1 Å². The van der Waals surface area contributed by atoms with Gasteiger partial charge < -0.3 is 10.2 Å². The van der Waals surface area contributed by atoms with Gasteiger partial charge in [0.2, 0.25) is 5.95 Å². The Hall–Kier alpha value is -1.37. The predicted octanol–water partition coefficient (Wildman–Crippen LogP) is 1.29. The van der Waals surface area contributed by atoms with Crippen molar-refractivity contribution in [1.82, 2.24) is 15.3 Å². The molecule has 7 heteroatoms. The highest BCUT2D eigenvalue weighted by Crippen LogP contribution is 2.28. The smallest absolute Gasteiger partial charge is 0.338 e. The summed E-state index contributed by atoms with van der Waals surface area (Å²) in [6, 6.07) is 0.287. The molecule has 0 saturated carbocycles. The minimum atomic E-state index is -4.38. The fourth-order valence-electron chi connectivity index (χ4n) is 1.74. The van der Waals surface area contributed by atoms with Crippen molar-refractivity contribution in [3.8, 4) is 0 Å². The maximum Gasteiger partial charge on any atom is 0.419 e. The highest BCUT2D eigenvalue weighted by atomic mass is 19.4. The van der Waals surface area contributed by atoms with Crippen molar-refractivity contribution in [2.24, 2.45) is 0 Å². The molecule has 1 aromatic rings. The number of nitrogens with zero attached hydrogens (tertiary/aromatic N) is 3. The van der Waals surface area contributed by atoms with Gasteiger partial charge in [-0.3, -0.25) is 0 Å². The first-order valence-corrected chi connectivity index (χ1v) is 5.34. The van der Waals surface area contributed by atoms with Crippen LogP contribution in [0.5, 0.6) is 0 Å². The number of aromatic nitrogens is 2.